The molecule has 0 aliphatic rings. The predicted molar refractivity (Wildman–Crippen MR) is 101 cm³/mol. The Hall–Kier alpha value is -1.13. The van der Waals surface area contributed by atoms with Crippen molar-refractivity contribution in [3.05, 3.63) is 40.6 Å². The van der Waals surface area contributed by atoms with E-state index in [0.29, 0.717) is 11.5 Å². The van der Waals surface area contributed by atoms with Gasteiger partial charge in [-0.3, -0.25) is 4.79 Å². The van der Waals surface area contributed by atoms with Crippen molar-refractivity contribution in [3.8, 4) is 0 Å². The summed E-state index contributed by atoms with van der Waals surface area (Å²) in [6, 6.07) is 6.70. The number of amides is 1. The van der Waals surface area contributed by atoms with Gasteiger partial charge in [0.05, 0.1) is 0 Å². The first-order chi connectivity index (χ1) is 11.3. The fourth-order valence-corrected chi connectivity index (χ4v) is 2.36. The quantitative estimate of drug-likeness (QED) is 0.311. The summed E-state index contributed by atoms with van der Waals surface area (Å²) in [6.07, 6.45) is 0.216. The van der Waals surface area contributed by atoms with Crippen LogP contribution in [0.15, 0.2) is 35.1 Å². The Morgan fingerprint density at radius 1 is 1.25 bits per heavy atom. The van der Waals surface area contributed by atoms with E-state index in [1.165, 1.54) is 6.33 Å². The zero-order chi connectivity index (χ0) is 17.7. The molecule has 0 unspecified atom stereocenters. The summed E-state index contributed by atoms with van der Waals surface area (Å²) in [7, 11) is 0. The van der Waals surface area contributed by atoms with Crippen LogP contribution in [-0.4, -0.2) is 36.2 Å². The second-order valence-electron chi connectivity index (χ2n) is 4.39. The molecule has 2 aromatic rings. The number of carbonyl (C=O) groups is 1. The van der Waals surface area contributed by atoms with Crippen molar-refractivity contribution in [3.63, 3.8) is 0 Å². The molecular weight excluding hydrogens is 463 g/mol. The van der Waals surface area contributed by atoms with Crippen LogP contribution in [0.2, 0.25) is 0 Å². The van der Waals surface area contributed by atoms with E-state index >= 15 is 0 Å². The predicted octanol–water partition coefficient (Wildman–Crippen LogP) is 2.98. The van der Waals surface area contributed by atoms with Gasteiger partial charge in [0.25, 0.3) is 5.91 Å². The zero-order valence-electron chi connectivity index (χ0n) is 11.7. The number of aromatic amines is 1. The Morgan fingerprint density at radius 3 is 2.46 bits per heavy atom. The monoisotopic (exact) mass is 470 g/mol. The number of carbonyl (C=O) groups excluding carboxylic acids is 1. The van der Waals surface area contributed by atoms with E-state index in [2.05, 4.69) is 47.1 Å². The Balaban J connectivity index is 2.04. The van der Waals surface area contributed by atoms with Gasteiger partial charge in [-0.2, -0.15) is 10.1 Å². The standard InChI is InChI=1S/C12H10BrCl3N6OS/c13-7-3-1-6(2-4-7)8(23)19-9(12(14,15)16)20-11(24)21-10-17-5-18-22-10/h1-5,9H,(H,19,23)(H3,17,18,20,21,22,24)/t9-/m1/s1. The average molecular weight is 473 g/mol. The molecule has 1 aromatic heterocycles. The van der Waals surface area contributed by atoms with Crippen LogP contribution in [-0.2, 0) is 0 Å². The molecule has 24 heavy (non-hydrogen) atoms. The summed E-state index contributed by atoms with van der Waals surface area (Å²) in [5.74, 6) is -0.136. The Bertz CT molecular complexity index is 707. The molecule has 0 radical (unpaired) electrons. The van der Waals surface area contributed by atoms with E-state index in [9.17, 15) is 4.79 Å². The van der Waals surface area contributed by atoms with Gasteiger partial charge in [-0.05, 0) is 36.5 Å². The summed E-state index contributed by atoms with van der Waals surface area (Å²) in [4.78, 5) is 16.1. The van der Waals surface area contributed by atoms with E-state index in [-0.39, 0.29) is 5.11 Å². The van der Waals surface area contributed by atoms with Gasteiger partial charge in [0.2, 0.25) is 9.74 Å². The number of halogens is 4. The lowest BCUT2D eigenvalue weighted by atomic mass is 10.2. The Labute approximate surface area is 166 Å². The lowest BCUT2D eigenvalue weighted by Crippen LogP contribution is -2.56. The van der Waals surface area contributed by atoms with Crippen molar-refractivity contribution < 1.29 is 4.79 Å². The number of alkyl halides is 3. The number of aromatic nitrogens is 3. The molecule has 7 nitrogen and oxygen atoms in total. The molecule has 1 atom stereocenters. The highest BCUT2D eigenvalue weighted by Gasteiger charge is 2.35. The number of rotatable bonds is 4. The van der Waals surface area contributed by atoms with Gasteiger partial charge < -0.3 is 16.0 Å². The highest BCUT2D eigenvalue weighted by molar-refractivity contribution is 9.10. The molecule has 1 amide bonds. The van der Waals surface area contributed by atoms with Crippen molar-refractivity contribution in [2.45, 2.75) is 9.96 Å². The first-order valence-corrected chi connectivity index (χ1v) is 8.65. The smallest absolute Gasteiger partial charge is 0.252 e. The van der Waals surface area contributed by atoms with E-state index in [1.54, 1.807) is 24.3 Å². The summed E-state index contributed by atoms with van der Waals surface area (Å²) >= 11 is 26.1. The van der Waals surface area contributed by atoms with Gasteiger partial charge in [0.15, 0.2) is 5.11 Å². The SMILES string of the molecule is O=C(N[C@H](NC(=S)Nc1ncn[nH]1)C(Cl)(Cl)Cl)c1ccc(Br)cc1. The van der Waals surface area contributed by atoms with Crippen LogP contribution in [0.1, 0.15) is 10.4 Å². The molecule has 4 N–H and O–H groups in total. The minimum absolute atomic E-state index is 0.0826. The summed E-state index contributed by atoms with van der Waals surface area (Å²) in [6.45, 7) is 0. The molecule has 0 bridgehead atoms. The van der Waals surface area contributed by atoms with Crippen molar-refractivity contribution >= 4 is 79.9 Å². The average Bonchev–Trinajstić information content (AvgIpc) is 2.99. The second kappa shape index (κ2) is 8.30. The van der Waals surface area contributed by atoms with Crippen LogP contribution in [0.3, 0.4) is 0 Å². The molecule has 0 spiro atoms. The number of nitrogens with one attached hydrogen (secondary N) is 4. The number of H-pyrrole nitrogens is 1. The van der Waals surface area contributed by atoms with E-state index in [0.717, 1.165) is 4.47 Å². The van der Waals surface area contributed by atoms with Crippen LogP contribution in [0.5, 0.6) is 0 Å². The maximum atomic E-state index is 12.3. The van der Waals surface area contributed by atoms with Gasteiger partial charge in [-0.25, -0.2) is 5.10 Å². The summed E-state index contributed by atoms with van der Waals surface area (Å²) in [5, 5.41) is 14.3. The van der Waals surface area contributed by atoms with Crippen LogP contribution in [0, 0.1) is 0 Å². The second-order valence-corrected chi connectivity index (χ2v) is 8.08. The molecule has 0 aliphatic carbocycles. The molecule has 12 heteroatoms. The molecule has 0 saturated carbocycles. The van der Waals surface area contributed by atoms with Crippen LogP contribution in [0.4, 0.5) is 5.95 Å². The maximum absolute atomic E-state index is 12.3. The van der Waals surface area contributed by atoms with Crippen molar-refractivity contribution in [2.24, 2.45) is 0 Å². The largest absolute Gasteiger partial charge is 0.339 e. The highest BCUT2D eigenvalue weighted by Crippen LogP contribution is 2.29. The van der Waals surface area contributed by atoms with Gasteiger partial charge in [0.1, 0.15) is 12.5 Å². The third-order valence-electron chi connectivity index (χ3n) is 2.63. The molecule has 0 fully saturated rings. The fourth-order valence-electron chi connectivity index (χ4n) is 1.56. The van der Waals surface area contributed by atoms with E-state index < -0.39 is 15.9 Å². The third kappa shape index (κ3) is 5.75. The molecule has 128 valence electrons. The van der Waals surface area contributed by atoms with Crippen LogP contribution in [0.25, 0.3) is 0 Å². The van der Waals surface area contributed by atoms with Crippen molar-refractivity contribution in [2.75, 3.05) is 5.32 Å². The molecule has 0 saturated heterocycles. The zero-order valence-corrected chi connectivity index (χ0v) is 16.4. The Morgan fingerprint density at radius 2 is 1.92 bits per heavy atom. The van der Waals surface area contributed by atoms with Gasteiger partial charge in [0, 0.05) is 10.0 Å². The van der Waals surface area contributed by atoms with Crippen molar-refractivity contribution in [1.82, 2.24) is 25.8 Å². The third-order valence-corrected chi connectivity index (χ3v) is 4.03. The summed E-state index contributed by atoms with van der Waals surface area (Å²) < 4.78 is -1.01. The number of thiocarbonyl (C=S) groups is 1. The van der Waals surface area contributed by atoms with E-state index in [4.69, 9.17) is 47.0 Å². The lowest BCUT2D eigenvalue weighted by molar-refractivity contribution is 0.0934. The number of hydrogen-bond donors (Lipinski definition) is 4. The van der Waals surface area contributed by atoms with Crippen molar-refractivity contribution in [1.29, 1.82) is 0 Å². The number of nitrogens with zero attached hydrogens (tertiary/aromatic N) is 2. The number of anilines is 1. The molecule has 1 heterocycles. The fraction of sp³-hybridized carbons (Fsp3) is 0.167. The minimum atomic E-state index is -1.85. The highest BCUT2D eigenvalue weighted by atomic mass is 79.9. The van der Waals surface area contributed by atoms with Gasteiger partial charge in [-0.1, -0.05) is 50.7 Å². The van der Waals surface area contributed by atoms with E-state index in [1.807, 2.05) is 0 Å². The summed E-state index contributed by atoms with van der Waals surface area (Å²) in [5.41, 5.74) is 0.397. The lowest BCUT2D eigenvalue weighted by Gasteiger charge is -2.27. The number of hydrogen-bond acceptors (Lipinski definition) is 4. The van der Waals surface area contributed by atoms with Gasteiger partial charge >= 0.3 is 0 Å². The normalized spacial score (nSPS) is 12.3. The molecule has 2 rings (SSSR count). The van der Waals surface area contributed by atoms with Gasteiger partial charge in [-0.15, -0.1) is 0 Å². The number of benzene rings is 1. The molecular formula is C12H10BrCl3N6OS. The topological polar surface area (TPSA) is 94.7 Å². The van der Waals surface area contributed by atoms with Crippen LogP contribution < -0.4 is 16.0 Å². The first kappa shape index (κ1) is 19.2. The maximum Gasteiger partial charge on any atom is 0.252 e. The Kier molecular flexibility index (Phi) is 6.64. The minimum Gasteiger partial charge on any atom is -0.339 e. The van der Waals surface area contributed by atoms with Crippen LogP contribution >= 0.6 is 63.0 Å². The molecule has 1 aromatic carbocycles. The first-order valence-electron chi connectivity index (χ1n) is 6.32. The molecule has 0 aliphatic heterocycles.